The lowest BCUT2D eigenvalue weighted by Gasteiger charge is -2.16. The Morgan fingerprint density at radius 1 is 1.10 bits per heavy atom. The zero-order valence-electron chi connectivity index (χ0n) is 15.5. The number of nitrogens with zero attached hydrogens (tertiary/aromatic N) is 1. The number of nitro groups is 1. The lowest BCUT2D eigenvalue weighted by Crippen LogP contribution is -2.25. The molecule has 30 heavy (non-hydrogen) atoms. The predicted molar refractivity (Wildman–Crippen MR) is 99.5 cm³/mol. The molecule has 11 heteroatoms. The molecule has 0 aliphatic carbocycles. The first-order valence-corrected chi connectivity index (χ1v) is 10.1. The smallest absolute Gasteiger partial charge is 0.381 e. The Morgan fingerprint density at radius 3 is 2.23 bits per heavy atom. The molecule has 1 aliphatic heterocycles. The summed E-state index contributed by atoms with van der Waals surface area (Å²) in [5.41, 5.74) is -4.39. The normalized spacial score (nSPS) is 21.3. The van der Waals surface area contributed by atoms with Crippen molar-refractivity contribution in [2.75, 3.05) is 0 Å². The van der Waals surface area contributed by atoms with E-state index < -0.39 is 38.5 Å². The summed E-state index contributed by atoms with van der Waals surface area (Å²) in [5, 5.41) is 10.9. The van der Waals surface area contributed by atoms with E-state index in [2.05, 4.69) is 4.18 Å². The Labute approximate surface area is 170 Å². The largest absolute Gasteiger partial charge is 0.534 e. The second kappa shape index (κ2) is 8.07. The molecule has 2 atom stereocenters. The van der Waals surface area contributed by atoms with Crippen LogP contribution in [0.3, 0.4) is 0 Å². The van der Waals surface area contributed by atoms with Gasteiger partial charge in [-0.05, 0) is 30.2 Å². The lowest BCUT2D eigenvalue weighted by molar-refractivity contribution is -0.384. The molecule has 0 aromatic heterocycles. The molecule has 1 heterocycles. The minimum Gasteiger partial charge on any atom is -0.381 e. The maximum Gasteiger partial charge on any atom is 0.534 e. The van der Waals surface area contributed by atoms with Gasteiger partial charge in [-0.2, -0.15) is 21.6 Å². The van der Waals surface area contributed by atoms with E-state index in [1.165, 1.54) is 24.3 Å². The molecule has 0 unspecified atom stereocenters. The molecular formula is C19H16F3NO6S. The first-order valence-electron chi connectivity index (χ1n) is 8.65. The van der Waals surface area contributed by atoms with Crippen molar-refractivity contribution in [3.8, 4) is 0 Å². The third kappa shape index (κ3) is 4.46. The van der Waals surface area contributed by atoms with Crippen LogP contribution in [-0.4, -0.2) is 18.8 Å². The zero-order valence-corrected chi connectivity index (χ0v) is 16.3. The van der Waals surface area contributed by atoms with Gasteiger partial charge in [-0.15, -0.1) is 0 Å². The first kappa shape index (κ1) is 21.8. The number of benzene rings is 2. The minimum atomic E-state index is -5.84. The van der Waals surface area contributed by atoms with E-state index >= 15 is 0 Å². The number of rotatable bonds is 5. The molecule has 0 spiro atoms. The van der Waals surface area contributed by atoms with Gasteiger partial charge in [0, 0.05) is 24.1 Å². The Hall–Kier alpha value is -2.92. The van der Waals surface area contributed by atoms with Crippen molar-refractivity contribution in [1.82, 2.24) is 0 Å². The SMILES string of the molecule is C/C(OS(=O)(=O)C(F)(F)F)=C1/C[C@@H](c2ccccc2)O[C@H]1c1ccc([N+](=O)[O-])cc1. The van der Waals surface area contributed by atoms with Crippen LogP contribution in [0.1, 0.15) is 36.7 Å². The van der Waals surface area contributed by atoms with Crippen LogP contribution in [0.5, 0.6) is 0 Å². The highest BCUT2D eigenvalue weighted by Crippen LogP contribution is 2.47. The summed E-state index contributed by atoms with van der Waals surface area (Å²) >= 11 is 0. The average Bonchev–Trinajstić information content (AvgIpc) is 3.13. The van der Waals surface area contributed by atoms with Gasteiger partial charge in [0.15, 0.2) is 0 Å². The molecule has 1 aliphatic rings. The van der Waals surface area contributed by atoms with Crippen LogP contribution in [0.4, 0.5) is 18.9 Å². The highest BCUT2D eigenvalue weighted by Gasteiger charge is 2.49. The van der Waals surface area contributed by atoms with Gasteiger partial charge in [0.25, 0.3) is 5.69 Å². The van der Waals surface area contributed by atoms with Gasteiger partial charge in [-0.1, -0.05) is 30.3 Å². The van der Waals surface area contributed by atoms with Crippen LogP contribution in [0.25, 0.3) is 0 Å². The molecule has 1 saturated heterocycles. The van der Waals surface area contributed by atoms with Crippen molar-refractivity contribution in [1.29, 1.82) is 0 Å². The van der Waals surface area contributed by atoms with E-state index in [1.807, 2.05) is 0 Å². The summed E-state index contributed by atoms with van der Waals surface area (Å²) in [4.78, 5) is 10.3. The van der Waals surface area contributed by atoms with E-state index in [0.29, 0.717) is 5.56 Å². The van der Waals surface area contributed by atoms with Gasteiger partial charge in [0.2, 0.25) is 0 Å². The number of nitro benzene ring substituents is 1. The molecule has 2 aromatic carbocycles. The molecule has 3 rings (SSSR count). The zero-order chi connectivity index (χ0) is 22.1. The van der Waals surface area contributed by atoms with Gasteiger partial charge in [-0.3, -0.25) is 10.1 Å². The highest BCUT2D eigenvalue weighted by molar-refractivity contribution is 7.87. The molecule has 0 N–H and O–H groups in total. The fourth-order valence-corrected chi connectivity index (χ4v) is 3.64. The van der Waals surface area contributed by atoms with Crippen molar-refractivity contribution in [3.63, 3.8) is 0 Å². The topological polar surface area (TPSA) is 95.7 Å². The third-order valence-corrected chi connectivity index (χ3v) is 5.61. The minimum absolute atomic E-state index is 0.0882. The number of ether oxygens (including phenoxy) is 1. The third-order valence-electron chi connectivity index (χ3n) is 4.57. The fourth-order valence-electron chi connectivity index (χ4n) is 3.11. The van der Waals surface area contributed by atoms with Gasteiger partial charge >= 0.3 is 15.6 Å². The van der Waals surface area contributed by atoms with Crippen LogP contribution in [0.15, 0.2) is 65.9 Å². The van der Waals surface area contributed by atoms with E-state index in [1.54, 1.807) is 30.3 Å². The Morgan fingerprint density at radius 2 is 1.70 bits per heavy atom. The molecule has 7 nitrogen and oxygen atoms in total. The Kier molecular flexibility index (Phi) is 5.86. The van der Waals surface area contributed by atoms with E-state index in [0.717, 1.165) is 12.5 Å². The number of hydrogen-bond donors (Lipinski definition) is 0. The van der Waals surface area contributed by atoms with Crippen LogP contribution >= 0.6 is 0 Å². The summed E-state index contributed by atoms with van der Waals surface area (Å²) in [6.07, 6.45) is -1.40. The van der Waals surface area contributed by atoms with Gasteiger partial charge in [0.05, 0.1) is 11.0 Å². The quantitative estimate of drug-likeness (QED) is 0.214. The van der Waals surface area contributed by atoms with Crippen molar-refractivity contribution < 1.29 is 35.4 Å². The number of alkyl halides is 3. The van der Waals surface area contributed by atoms with Crippen LogP contribution in [-0.2, 0) is 19.0 Å². The summed E-state index contributed by atoms with van der Waals surface area (Å²) in [7, 11) is -5.84. The molecular weight excluding hydrogens is 427 g/mol. The molecule has 0 radical (unpaired) electrons. The predicted octanol–water partition coefficient (Wildman–Crippen LogP) is 4.94. The van der Waals surface area contributed by atoms with E-state index in [9.17, 15) is 31.7 Å². The highest BCUT2D eigenvalue weighted by atomic mass is 32.2. The molecule has 0 amide bonds. The average molecular weight is 443 g/mol. The van der Waals surface area contributed by atoms with Crippen molar-refractivity contribution in [2.45, 2.75) is 31.1 Å². The molecule has 2 aromatic rings. The molecule has 1 fully saturated rings. The standard InChI is InChI=1S/C19H16F3NO6S/c1-12(29-30(26,27)19(20,21)22)16-11-17(13-5-3-2-4-6-13)28-18(16)14-7-9-15(10-8-14)23(24)25/h2-10,17-18H,11H2,1H3/b16-12+/t17-,18-/m0/s1. The van der Waals surface area contributed by atoms with Crippen molar-refractivity contribution >= 4 is 15.8 Å². The number of allylic oxidation sites excluding steroid dienone is 1. The number of hydrogen-bond acceptors (Lipinski definition) is 6. The van der Waals surface area contributed by atoms with Gasteiger partial charge < -0.3 is 8.92 Å². The molecule has 0 bridgehead atoms. The second-order valence-corrected chi connectivity index (χ2v) is 8.07. The monoisotopic (exact) mass is 443 g/mol. The first-order chi connectivity index (χ1) is 14.0. The van der Waals surface area contributed by atoms with E-state index in [-0.39, 0.29) is 17.7 Å². The summed E-state index contributed by atoms with van der Waals surface area (Å²) < 4.78 is 71.4. The second-order valence-electron chi connectivity index (χ2n) is 6.53. The van der Waals surface area contributed by atoms with Crippen molar-refractivity contribution in [3.05, 3.63) is 87.2 Å². The van der Waals surface area contributed by atoms with Gasteiger partial charge in [-0.25, -0.2) is 0 Å². The maximum absolute atomic E-state index is 12.7. The summed E-state index contributed by atoms with van der Waals surface area (Å²) in [5.74, 6) is -0.450. The van der Waals surface area contributed by atoms with Crippen LogP contribution < -0.4 is 0 Å². The summed E-state index contributed by atoms with van der Waals surface area (Å²) in [6, 6.07) is 14.1. The fraction of sp³-hybridized carbons (Fsp3) is 0.263. The number of halogens is 3. The lowest BCUT2D eigenvalue weighted by atomic mass is 9.97. The Bertz CT molecular complexity index is 1070. The summed E-state index contributed by atoms with van der Waals surface area (Å²) in [6.45, 7) is 1.12. The maximum atomic E-state index is 12.7. The van der Waals surface area contributed by atoms with Crippen LogP contribution in [0, 0.1) is 10.1 Å². The van der Waals surface area contributed by atoms with Crippen molar-refractivity contribution in [2.24, 2.45) is 0 Å². The number of non-ortho nitro benzene ring substituents is 1. The van der Waals surface area contributed by atoms with E-state index in [4.69, 9.17) is 4.74 Å². The Balaban J connectivity index is 2.01. The molecule has 160 valence electrons. The van der Waals surface area contributed by atoms with Gasteiger partial charge in [0.1, 0.15) is 11.9 Å². The molecule has 0 saturated carbocycles. The van der Waals surface area contributed by atoms with Crippen LogP contribution in [0.2, 0.25) is 0 Å².